The maximum atomic E-state index is 10.1. The molecule has 1 heterocycles. The first-order chi connectivity index (χ1) is 8.70. The summed E-state index contributed by atoms with van der Waals surface area (Å²) in [6.07, 6.45) is 1.36. The van der Waals surface area contributed by atoms with Crippen molar-refractivity contribution in [1.29, 1.82) is 0 Å². The Morgan fingerprint density at radius 3 is 2.89 bits per heavy atom. The molecular weight excluding hydrogens is 250 g/mol. The smallest absolute Gasteiger partial charge is 0.119 e. The van der Waals surface area contributed by atoms with Crippen LogP contribution in [-0.4, -0.2) is 17.2 Å². The molecule has 2 rings (SSSR count). The van der Waals surface area contributed by atoms with Crippen molar-refractivity contribution in [3.05, 3.63) is 58.9 Å². The second kappa shape index (κ2) is 5.85. The Bertz CT molecular complexity index is 531. The van der Waals surface area contributed by atoms with Gasteiger partial charge in [0.15, 0.2) is 0 Å². The maximum Gasteiger partial charge on any atom is 0.119 e. The van der Waals surface area contributed by atoms with E-state index >= 15 is 0 Å². The van der Waals surface area contributed by atoms with Gasteiger partial charge in [-0.25, -0.2) is 0 Å². The lowest BCUT2D eigenvalue weighted by Crippen LogP contribution is -2.04. The Kier molecular flexibility index (Phi) is 4.18. The van der Waals surface area contributed by atoms with Gasteiger partial charge in [-0.1, -0.05) is 23.7 Å². The number of aliphatic hydroxyl groups excluding tert-OH is 1. The summed E-state index contributed by atoms with van der Waals surface area (Å²) in [5, 5.41) is 10.6. The first-order valence-electron chi connectivity index (χ1n) is 5.62. The number of methoxy groups -OCH3 is 1. The van der Waals surface area contributed by atoms with E-state index in [9.17, 15) is 5.11 Å². The number of rotatable bonds is 4. The molecule has 0 saturated carbocycles. The Hall–Kier alpha value is -1.58. The van der Waals surface area contributed by atoms with Gasteiger partial charge in [0, 0.05) is 12.6 Å². The fourth-order valence-corrected chi connectivity index (χ4v) is 2.01. The van der Waals surface area contributed by atoms with Gasteiger partial charge in [-0.15, -0.1) is 0 Å². The third-order valence-corrected chi connectivity index (χ3v) is 2.99. The van der Waals surface area contributed by atoms with Crippen LogP contribution in [0.5, 0.6) is 5.75 Å². The number of aliphatic hydroxyl groups is 1. The molecule has 0 spiro atoms. The summed E-state index contributed by atoms with van der Waals surface area (Å²) in [6, 6.07) is 11.0. The molecule has 1 N–H and O–H groups in total. The summed E-state index contributed by atoms with van der Waals surface area (Å²) in [5.41, 5.74) is 1.48. The molecule has 0 aliphatic heterocycles. The van der Waals surface area contributed by atoms with Gasteiger partial charge >= 0.3 is 0 Å². The van der Waals surface area contributed by atoms with Gasteiger partial charge in [0.1, 0.15) is 11.9 Å². The largest absolute Gasteiger partial charge is 0.497 e. The van der Waals surface area contributed by atoms with E-state index in [1.165, 1.54) is 0 Å². The normalized spacial score (nSPS) is 12.2. The molecule has 1 aromatic heterocycles. The summed E-state index contributed by atoms with van der Waals surface area (Å²) in [5.74, 6) is 0.770. The highest BCUT2D eigenvalue weighted by Crippen LogP contribution is 2.24. The molecule has 0 bridgehead atoms. The van der Waals surface area contributed by atoms with Crippen molar-refractivity contribution in [3.63, 3.8) is 0 Å². The third-order valence-electron chi connectivity index (χ3n) is 2.67. The topological polar surface area (TPSA) is 42.4 Å². The molecule has 1 aromatic carbocycles. The predicted molar refractivity (Wildman–Crippen MR) is 70.9 cm³/mol. The maximum absolute atomic E-state index is 10.1. The van der Waals surface area contributed by atoms with Crippen LogP contribution in [-0.2, 0) is 6.42 Å². The van der Waals surface area contributed by atoms with Crippen LogP contribution in [0.4, 0.5) is 0 Å². The molecule has 0 amide bonds. The molecule has 18 heavy (non-hydrogen) atoms. The van der Waals surface area contributed by atoms with Gasteiger partial charge in [-0.3, -0.25) is 4.98 Å². The Balaban J connectivity index is 2.16. The Morgan fingerprint density at radius 2 is 2.17 bits per heavy atom. The molecule has 0 fully saturated rings. The SMILES string of the molecule is COc1cccc(CC(O)c2ncccc2Cl)c1. The number of aromatic nitrogens is 1. The average molecular weight is 264 g/mol. The number of ether oxygens (including phenoxy) is 1. The zero-order chi connectivity index (χ0) is 13.0. The van der Waals surface area contributed by atoms with Gasteiger partial charge in [0.25, 0.3) is 0 Å². The van der Waals surface area contributed by atoms with E-state index < -0.39 is 6.10 Å². The molecule has 94 valence electrons. The van der Waals surface area contributed by atoms with Crippen LogP contribution in [0.25, 0.3) is 0 Å². The van der Waals surface area contributed by atoms with E-state index in [4.69, 9.17) is 16.3 Å². The van der Waals surface area contributed by atoms with Gasteiger partial charge < -0.3 is 9.84 Å². The second-order valence-electron chi connectivity index (χ2n) is 3.94. The second-order valence-corrected chi connectivity index (χ2v) is 4.35. The van der Waals surface area contributed by atoms with Gasteiger partial charge in [-0.05, 0) is 29.8 Å². The standard InChI is InChI=1S/C14H14ClNO2/c1-18-11-5-2-4-10(8-11)9-13(17)14-12(15)6-3-7-16-14/h2-8,13,17H,9H2,1H3. The molecule has 0 saturated heterocycles. The van der Waals surface area contributed by atoms with Crippen molar-refractivity contribution in [1.82, 2.24) is 4.98 Å². The average Bonchev–Trinajstić information content (AvgIpc) is 2.39. The summed E-state index contributed by atoms with van der Waals surface area (Å²) in [6.45, 7) is 0. The van der Waals surface area contributed by atoms with Crippen LogP contribution in [0.2, 0.25) is 5.02 Å². The summed E-state index contributed by atoms with van der Waals surface area (Å²) >= 11 is 6.00. The highest BCUT2D eigenvalue weighted by molar-refractivity contribution is 6.31. The van der Waals surface area contributed by atoms with Crippen LogP contribution in [0, 0.1) is 0 Å². The van der Waals surface area contributed by atoms with Crippen molar-refractivity contribution in [3.8, 4) is 5.75 Å². The van der Waals surface area contributed by atoms with E-state index in [0.29, 0.717) is 17.1 Å². The summed E-state index contributed by atoms with van der Waals surface area (Å²) in [4.78, 5) is 4.10. The summed E-state index contributed by atoms with van der Waals surface area (Å²) < 4.78 is 5.14. The number of halogens is 1. The fourth-order valence-electron chi connectivity index (χ4n) is 1.76. The van der Waals surface area contributed by atoms with Crippen LogP contribution >= 0.6 is 11.6 Å². The molecule has 0 aliphatic rings. The van der Waals surface area contributed by atoms with Gasteiger partial charge in [0.05, 0.1) is 17.8 Å². The molecule has 0 aliphatic carbocycles. The van der Waals surface area contributed by atoms with Gasteiger partial charge in [-0.2, -0.15) is 0 Å². The van der Waals surface area contributed by atoms with E-state index in [1.54, 1.807) is 25.4 Å². The minimum atomic E-state index is -0.717. The molecule has 2 aromatic rings. The molecule has 1 unspecified atom stereocenters. The predicted octanol–water partition coefficient (Wildman–Crippen LogP) is 3.02. The van der Waals surface area contributed by atoms with Crippen molar-refractivity contribution < 1.29 is 9.84 Å². The highest BCUT2D eigenvalue weighted by atomic mass is 35.5. The van der Waals surface area contributed by atoms with Crippen LogP contribution in [0.1, 0.15) is 17.4 Å². The fraction of sp³-hybridized carbons (Fsp3) is 0.214. The van der Waals surface area contributed by atoms with Crippen LogP contribution in [0.15, 0.2) is 42.6 Å². The van der Waals surface area contributed by atoms with Crippen LogP contribution < -0.4 is 4.74 Å². The first-order valence-corrected chi connectivity index (χ1v) is 6.00. The number of hydrogen-bond donors (Lipinski definition) is 1. The first kappa shape index (κ1) is 12.9. The van der Waals surface area contributed by atoms with E-state index in [2.05, 4.69) is 4.98 Å². The lowest BCUT2D eigenvalue weighted by molar-refractivity contribution is 0.173. The van der Waals surface area contributed by atoms with Crippen molar-refractivity contribution >= 4 is 11.6 Å². The number of benzene rings is 1. The quantitative estimate of drug-likeness (QED) is 0.922. The third kappa shape index (κ3) is 3.00. The lowest BCUT2D eigenvalue weighted by atomic mass is 10.0. The molecule has 4 heteroatoms. The minimum absolute atomic E-state index is 0.452. The Labute approximate surface area is 111 Å². The lowest BCUT2D eigenvalue weighted by Gasteiger charge is -2.12. The molecule has 0 radical (unpaired) electrons. The molecular formula is C14H14ClNO2. The van der Waals surface area contributed by atoms with E-state index in [-0.39, 0.29) is 0 Å². The monoisotopic (exact) mass is 263 g/mol. The zero-order valence-corrected chi connectivity index (χ0v) is 10.8. The van der Waals surface area contributed by atoms with Crippen molar-refractivity contribution in [2.45, 2.75) is 12.5 Å². The molecule has 1 atom stereocenters. The number of hydrogen-bond acceptors (Lipinski definition) is 3. The van der Waals surface area contributed by atoms with Crippen molar-refractivity contribution in [2.75, 3.05) is 7.11 Å². The number of pyridine rings is 1. The van der Waals surface area contributed by atoms with E-state index in [0.717, 1.165) is 11.3 Å². The highest BCUT2D eigenvalue weighted by Gasteiger charge is 2.13. The summed E-state index contributed by atoms with van der Waals surface area (Å²) in [7, 11) is 1.62. The zero-order valence-electron chi connectivity index (χ0n) is 10.0. The minimum Gasteiger partial charge on any atom is -0.497 e. The number of nitrogens with zero attached hydrogens (tertiary/aromatic N) is 1. The van der Waals surface area contributed by atoms with E-state index in [1.807, 2.05) is 24.3 Å². The van der Waals surface area contributed by atoms with Crippen molar-refractivity contribution in [2.24, 2.45) is 0 Å². The Morgan fingerprint density at radius 1 is 1.33 bits per heavy atom. The van der Waals surface area contributed by atoms with Gasteiger partial charge in [0.2, 0.25) is 0 Å². The van der Waals surface area contributed by atoms with Crippen LogP contribution in [0.3, 0.4) is 0 Å². The molecule has 3 nitrogen and oxygen atoms in total.